The number of hydrogen-bond donors (Lipinski definition) is 6. The molecule has 0 radical (unpaired) electrons. The zero-order chi connectivity index (χ0) is 26.7. The molecule has 2 aromatic rings. The van der Waals surface area contributed by atoms with Crippen molar-refractivity contribution < 1.29 is 22.6 Å². The van der Waals surface area contributed by atoms with Crippen LogP contribution in [-0.2, 0) is 33.0 Å². The van der Waals surface area contributed by atoms with Crippen LogP contribution in [0.25, 0.3) is 0 Å². The van der Waals surface area contributed by atoms with Crippen LogP contribution in [0.4, 0.5) is 5.13 Å². The number of nitrogens with one attached hydrogen (secondary N) is 3. The van der Waals surface area contributed by atoms with E-state index in [1.807, 2.05) is 0 Å². The van der Waals surface area contributed by atoms with Crippen molar-refractivity contribution in [3.8, 4) is 0 Å². The van der Waals surface area contributed by atoms with Crippen LogP contribution >= 0.6 is 11.3 Å². The Morgan fingerprint density at radius 1 is 1.41 bits per heavy atom. The van der Waals surface area contributed by atoms with E-state index >= 15 is 0 Å². The monoisotopic (exact) mass is 556 g/mol. The molecular weight excluding hydrogens is 532 g/mol. The Labute approximate surface area is 213 Å². The first kappa shape index (κ1) is 26.3. The molecule has 37 heavy (non-hydrogen) atoms. The van der Waals surface area contributed by atoms with Crippen molar-refractivity contribution >= 4 is 44.5 Å². The lowest BCUT2D eigenvalue weighted by atomic mass is 9.98. The zero-order valence-corrected chi connectivity index (χ0v) is 20.7. The molecule has 4 atom stereocenters. The van der Waals surface area contributed by atoms with Crippen LogP contribution in [-0.4, -0.2) is 86.2 Å². The van der Waals surface area contributed by atoms with E-state index in [0.717, 1.165) is 35.6 Å². The van der Waals surface area contributed by atoms with E-state index in [1.165, 1.54) is 11.6 Å². The summed E-state index contributed by atoms with van der Waals surface area (Å²) in [4.78, 5) is 45.5. The second-order valence-corrected chi connectivity index (χ2v) is 10.4. The number of guanidine groups is 1. The predicted octanol–water partition coefficient (Wildman–Crippen LogP) is -2.91. The van der Waals surface area contributed by atoms with Crippen LogP contribution in [0.2, 0.25) is 0 Å². The van der Waals surface area contributed by atoms with Crippen molar-refractivity contribution in [1.29, 1.82) is 0 Å². The Morgan fingerprint density at radius 3 is 2.81 bits per heavy atom. The summed E-state index contributed by atoms with van der Waals surface area (Å²) in [5, 5.41) is 20.9. The predicted molar refractivity (Wildman–Crippen MR) is 129 cm³/mol. The third kappa shape index (κ3) is 5.98. The SMILES string of the molecule is NC(=NCc1cnn(CC2C(NC(=O)C(N=O)c3csc(N)n3)C(=O)N2S(=O)(=O)O)n1)NC1CCNC1. The molecule has 0 spiro atoms. The smallest absolute Gasteiger partial charge is 0.362 e. The number of nitrogens with two attached hydrogens (primary N) is 2. The Balaban J connectivity index is 1.43. The van der Waals surface area contributed by atoms with Crippen molar-refractivity contribution in [2.24, 2.45) is 15.9 Å². The van der Waals surface area contributed by atoms with Crippen molar-refractivity contribution in [2.75, 3.05) is 18.8 Å². The Morgan fingerprint density at radius 2 is 2.19 bits per heavy atom. The summed E-state index contributed by atoms with van der Waals surface area (Å²) in [6.45, 7) is 1.42. The number of thiazole rings is 1. The van der Waals surface area contributed by atoms with Gasteiger partial charge in [0.1, 0.15) is 17.8 Å². The molecule has 8 N–H and O–H groups in total. The molecule has 0 saturated carbocycles. The molecule has 2 aromatic heterocycles. The lowest BCUT2D eigenvalue weighted by Gasteiger charge is -2.43. The molecule has 2 amide bonds. The van der Waals surface area contributed by atoms with Gasteiger partial charge in [0.25, 0.3) is 11.8 Å². The van der Waals surface area contributed by atoms with Crippen LogP contribution in [0, 0.1) is 4.91 Å². The maximum Gasteiger partial charge on any atom is 0.362 e. The average molecular weight is 557 g/mol. The number of nitrogens with zero attached hydrogens (tertiary/aromatic N) is 7. The fourth-order valence-electron chi connectivity index (χ4n) is 3.90. The fraction of sp³-hybridized carbons (Fsp3) is 0.529. The first-order valence-corrected chi connectivity index (χ1v) is 13.1. The molecule has 18 nitrogen and oxygen atoms in total. The maximum absolute atomic E-state index is 12.6. The normalized spacial score (nSPS) is 22.9. The summed E-state index contributed by atoms with van der Waals surface area (Å²) in [7, 11) is -4.95. The number of nitroso groups, excluding NO2 is 1. The molecule has 2 aliphatic heterocycles. The number of carbonyl (C=O) groups is 2. The molecule has 4 unspecified atom stereocenters. The number of nitrogen functional groups attached to an aromatic ring is 1. The summed E-state index contributed by atoms with van der Waals surface area (Å²) >= 11 is 0.983. The lowest BCUT2D eigenvalue weighted by molar-refractivity contribution is -0.146. The van der Waals surface area contributed by atoms with Gasteiger partial charge in [-0.2, -0.15) is 23.4 Å². The Hall–Kier alpha value is -3.75. The highest BCUT2D eigenvalue weighted by atomic mass is 32.2. The van der Waals surface area contributed by atoms with Gasteiger partial charge in [0.05, 0.1) is 25.0 Å². The Kier molecular flexibility index (Phi) is 7.61. The van der Waals surface area contributed by atoms with Gasteiger partial charge in [-0.05, 0) is 18.1 Å². The number of aliphatic imine (C=N–C) groups is 1. The van der Waals surface area contributed by atoms with Crippen LogP contribution in [0.15, 0.2) is 21.7 Å². The Bertz CT molecular complexity index is 1300. The fourth-order valence-corrected chi connectivity index (χ4v) is 5.35. The lowest BCUT2D eigenvalue weighted by Crippen LogP contribution is -2.73. The van der Waals surface area contributed by atoms with Gasteiger partial charge < -0.3 is 27.4 Å². The van der Waals surface area contributed by atoms with Crippen molar-refractivity contribution in [1.82, 2.24) is 40.2 Å². The minimum Gasteiger partial charge on any atom is -0.375 e. The van der Waals surface area contributed by atoms with Gasteiger partial charge in [0, 0.05) is 18.0 Å². The van der Waals surface area contributed by atoms with E-state index < -0.39 is 40.2 Å². The van der Waals surface area contributed by atoms with Crippen LogP contribution in [0.1, 0.15) is 23.9 Å². The summed E-state index contributed by atoms with van der Waals surface area (Å²) in [5.41, 5.74) is 11.8. The summed E-state index contributed by atoms with van der Waals surface area (Å²) in [6, 6.07) is -4.14. The molecule has 2 aliphatic rings. The molecule has 0 aromatic carbocycles. The van der Waals surface area contributed by atoms with Gasteiger partial charge in [0.15, 0.2) is 11.1 Å². The molecule has 0 aliphatic carbocycles. The number of rotatable bonds is 10. The first-order chi connectivity index (χ1) is 17.6. The van der Waals surface area contributed by atoms with Gasteiger partial charge in [-0.25, -0.2) is 14.3 Å². The highest BCUT2D eigenvalue weighted by molar-refractivity contribution is 7.84. The van der Waals surface area contributed by atoms with E-state index in [4.69, 9.17) is 11.5 Å². The summed E-state index contributed by atoms with van der Waals surface area (Å²) in [6.07, 6.45) is 2.29. The third-order valence-electron chi connectivity index (χ3n) is 5.65. The second-order valence-electron chi connectivity index (χ2n) is 8.21. The highest BCUT2D eigenvalue weighted by Gasteiger charge is 2.54. The standard InChI is InChI=1S/C17H24N12O6S2/c18-16(23-8-1-2-20-3-8)21-4-9-5-22-28(26-9)6-11-13(15(31)29(11)37(33,34)35)25-14(30)12(27-32)10-7-36-17(19)24-10/h5,7-8,11-13,20H,1-4,6H2,(H2,19,24)(H,25,30)(H3,18,21,23)(H,33,34,35). The number of hydrogen-bond acceptors (Lipinski definition) is 13. The van der Waals surface area contributed by atoms with E-state index in [0.29, 0.717) is 5.69 Å². The van der Waals surface area contributed by atoms with E-state index in [-0.39, 0.29) is 40.2 Å². The number of aromatic nitrogens is 4. The zero-order valence-electron chi connectivity index (χ0n) is 19.1. The number of amides is 2. The molecule has 2 fully saturated rings. The van der Waals surface area contributed by atoms with Gasteiger partial charge >= 0.3 is 10.3 Å². The van der Waals surface area contributed by atoms with E-state index in [2.05, 4.69) is 41.3 Å². The number of β-lactam (4-membered cyclic amide) rings is 1. The second kappa shape index (κ2) is 10.7. The van der Waals surface area contributed by atoms with Crippen molar-refractivity contribution in [3.63, 3.8) is 0 Å². The largest absolute Gasteiger partial charge is 0.375 e. The average Bonchev–Trinajstić information content (AvgIpc) is 3.59. The van der Waals surface area contributed by atoms with Gasteiger partial charge in [0.2, 0.25) is 6.04 Å². The maximum atomic E-state index is 12.6. The van der Waals surface area contributed by atoms with Gasteiger partial charge in [-0.3, -0.25) is 14.1 Å². The summed E-state index contributed by atoms with van der Waals surface area (Å²) < 4.78 is 33.2. The number of carbonyl (C=O) groups excluding carboxylic acids is 2. The first-order valence-electron chi connectivity index (χ1n) is 10.9. The quantitative estimate of drug-likeness (QED) is 0.0564. The third-order valence-corrected chi connectivity index (χ3v) is 7.29. The van der Waals surface area contributed by atoms with E-state index in [9.17, 15) is 27.5 Å². The molecule has 4 rings (SSSR count). The molecule has 200 valence electrons. The molecule has 4 heterocycles. The van der Waals surface area contributed by atoms with Crippen LogP contribution in [0.5, 0.6) is 0 Å². The van der Waals surface area contributed by atoms with Crippen molar-refractivity contribution in [3.05, 3.63) is 27.9 Å². The highest BCUT2D eigenvalue weighted by Crippen LogP contribution is 2.27. The number of anilines is 1. The topological polar surface area (TPSA) is 265 Å². The van der Waals surface area contributed by atoms with Crippen LogP contribution < -0.4 is 27.4 Å². The van der Waals surface area contributed by atoms with Gasteiger partial charge in [-0.1, -0.05) is 0 Å². The molecular formula is C17H24N12O6S2. The van der Waals surface area contributed by atoms with Crippen molar-refractivity contribution in [2.45, 2.75) is 43.7 Å². The minimum atomic E-state index is -4.95. The van der Waals surface area contributed by atoms with Gasteiger partial charge in [-0.15, -0.1) is 16.2 Å². The molecule has 0 bridgehead atoms. The van der Waals surface area contributed by atoms with Crippen LogP contribution in [0.3, 0.4) is 0 Å². The summed E-state index contributed by atoms with van der Waals surface area (Å²) in [5.74, 6) is -1.88. The van der Waals surface area contributed by atoms with E-state index in [1.54, 1.807) is 0 Å². The minimum absolute atomic E-state index is 0.0261. The molecule has 2 saturated heterocycles. The molecule has 20 heteroatoms.